The zero-order chi connectivity index (χ0) is 23.3. The number of carbonyl (C=O) groups excluding carboxylic acids is 2. The van der Waals surface area contributed by atoms with Crippen molar-refractivity contribution in [2.24, 2.45) is 0 Å². The molecular formula is C24H30N4O4S. The Bertz CT molecular complexity index is 1050. The highest BCUT2D eigenvalue weighted by Crippen LogP contribution is 2.19. The third-order valence-electron chi connectivity index (χ3n) is 6.21. The molecule has 8 nitrogen and oxygen atoms in total. The third-order valence-corrected chi connectivity index (χ3v) is 8.12. The van der Waals surface area contributed by atoms with Gasteiger partial charge in [0.1, 0.15) is 0 Å². The number of nitrogens with one attached hydrogen (secondary N) is 1. The molecule has 4 rings (SSSR count). The molecule has 1 atom stereocenters. The molecule has 2 aliphatic heterocycles. The Kier molecular flexibility index (Phi) is 7.29. The van der Waals surface area contributed by atoms with Crippen molar-refractivity contribution in [2.75, 3.05) is 44.6 Å². The van der Waals surface area contributed by atoms with Crippen LogP contribution in [0, 0.1) is 0 Å². The van der Waals surface area contributed by atoms with Gasteiger partial charge in [0.2, 0.25) is 21.8 Å². The Morgan fingerprint density at radius 2 is 1.36 bits per heavy atom. The van der Waals surface area contributed by atoms with Crippen LogP contribution in [0.2, 0.25) is 0 Å². The van der Waals surface area contributed by atoms with E-state index in [4.69, 9.17) is 0 Å². The SMILES string of the molecule is O=C(CCC(=O)N1CCC(Nc2ccccc2)C1)N1CCN(S(=O)(=O)c2ccccc2)CC1. The fourth-order valence-electron chi connectivity index (χ4n) is 4.32. The number of anilines is 1. The van der Waals surface area contributed by atoms with Crippen molar-refractivity contribution < 1.29 is 18.0 Å². The molecule has 0 aliphatic carbocycles. The van der Waals surface area contributed by atoms with Crippen molar-refractivity contribution in [3.8, 4) is 0 Å². The third kappa shape index (κ3) is 5.72. The molecule has 0 saturated carbocycles. The molecule has 0 bridgehead atoms. The predicted octanol–water partition coefficient (Wildman–Crippen LogP) is 2.01. The van der Waals surface area contributed by atoms with Crippen LogP contribution in [-0.2, 0) is 19.6 Å². The molecule has 9 heteroatoms. The molecular weight excluding hydrogens is 440 g/mol. The average molecular weight is 471 g/mol. The molecule has 176 valence electrons. The molecule has 0 radical (unpaired) electrons. The van der Waals surface area contributed by atoms with Gasteiger partial charge < -0.3 is 15.1 Å². The first-order valence-corrected chi connectivity index (χ1v) is 12.8. The van der Waals surface area contributed by atoms with Gasteiger partial charge in [0.25, 0.3) is 0 Å². The number of benzene rings is 2. The smallest absolute Gasteiger partial charge is 0.243 e. The quantitative estimate of drug-likeness (QED) is 0.669. The van der Waals surface area contributed by atoms with Gasteiger partial charge in [0.15, 0.2) is 0 Å². The molecule has 2 heterocycles. The van der Waals surface area contributed by atoms with E-state index in [-0.39, 0.29) is 48.7 Å². The lowest BCUT2D eigenvalue weighted by atomic mass is 10.2. The molecule has 2 aromatic rings. The van der Waals surface area contributed by atoms with Crippen molar-refractivity contribution in [2.45, 2.75) is 30.2 Å². The lowest BCUT2D eigenvalue weighted by Crippen LogP contribution is -2.50. The van der Waals surface area contributed by atoms with E-state index >= 15 is 0 Å². The summed E-state index contributed by atoms with van der Waals surface area (Å²) in [6.07, 6.45) is 1.21. The van der Waals surface area contributed by atoms with E-state index in [9.17, 15) is 18.0 Å². The van der Waals surface area contributed by atoms with E-state index < -0.39 is 10.0 Å². The molecule has 2 amide bonds. The van der Waals surface area contributed by atoms with E-state index in [1.165, 1.54) is 4.31 Å². The van der Waals surface area contributed by atoms with Gasteiger partial charge in [-0.1, -0.05) is 36.4 Å². The van der Waals surface area contributed by atoms with Crippen molar-refractivity contribution in [1.29, 1.82) is 0 Å². The van der Waals surface area contributed by atoms with Crippen LogP contribution in [0.1, 0.15) is 19.3 Å². The summed E-state index contributed by atoms with van der Waals surface area (Å²) in [5, 5.41) is 3.45. The second-order valence-corrected chi connectivity index (χ2v) is 10.4. The summed E-state index contributed by atoms with van der Waals surface area (Å²) in [5.41, 5.74) is 1.04. The number of piperazine rings is 1. The Balaban J connectivity index is 1.20. The highest BCUT2D eigenvalue weighted by molar-refractivity contribution is 7.89. The number of hydrogen-bond acceptors (Lipinski definition) is 5. The fourth-order valence-corrected chi connectivity index (χ4v) is 5.77. The van der Waals surface area contributed by atoms with Gasteiger partial charge in [-0.2, -0.15) is 4.31 Å². The summed E-state index contributed by atoms with van der Waals surface area (Å²) in [4.78, 5) is 29.0. The first-order valence-electron chi connectivity index (χ1n) is 11.4. The Morgan fingerprint density at radius 1 is 0.788 bits per heavy atom. The fraction of sp³-hybridized carbons (Fsp3) is 0.417. The van der Waals surface area contributed by atoms with E-state index in [0.717, 1.165) is 12.1 Å². The van der Waals surface area contributed by atoms with Crippen molar-refractivity contribution in [1.82, 2.24) is 14.1 Å². The van der Waals surface area contributed by atoms with Gasteiger partial charge in [0.05, 0.1) is 4.90 Å². The van der Waals surface area contributed by atoms with Crippen molar-refractivity contribution >= 4 is 27.5 Å². The van der Waals surface area contributed by atoms with Crippen LogP contribution >= 0.6 is 0 Å². The second kappa shape index (κ2) is 10.4. The molecule has 2 fully saturated rings. The maximum absolute atomic E-state index is 12.7. The molecule has 0 spiro atoms. The van der Waals surface area contributed by atoms with Gasteiger partial charge in [-0.3, -0.25) is 9.59 Å². The lowest BCUT2D eigenvalue weighted by molar-refractivity contribution is -0.137. The minimum Gasteiger partial charge on any atom is -0.380 e. The molecule has 1 unspecified atom stereocenters. The van der Waals surface area contributed by atoms with Crippen molar-refractivity contribution in [3.05, 3.63) is 60.7 Å². The topological polar surface area (TPSA) is 90.0 Å². The molecule has 2 aromatic carbocycles. The molecule has 33 heavy (non-hydrogen) atoms. The number of carbonyl (C=O) groups is 2. The van der Waals surface area contributed by atoms with Crippen LogP contribution in [-0.4, -0.2) is 79.6 Å². The highest BCUT2D eigenvalue weighted by atomic mass is 32.2. The Morgan fingerprint density at radius 3 is 2.00 bits per heavy atom. The zero-order valence-corrected chi connectivity index (χ0v) is 19.4. The molecule has 2 saturated heterocycles. The number of nitrogens with zero attached hydrogens (tertiary/aromatic N) is 3. The Labute approximate surface area is 195 Å². The van der Waals surface area contributed by atoms with Gasteiger partial charge in [-0.25, -0.2) is 8.42 Å². The van der Waals surface area contributed by atoms with E-state index in [1.807, 2.05) is 35.2 Å². The number of sulfonamides is 1. The maximum atomic E-state index is 12.7. The van der Waals surface area contributed by atoms with Crippen LogP contribution in [0.3, 0.4) is 0 Å². The van der Waals surface area contributed by atoms with E-state index in [0.29, 0.717) is 26.2 Å². The summed E-state index contributed by atoms with van der Waals surface area (Å²) in [7, 11) is -3.55. The van der Waals surface area contributed by atoms with Crippen molar-refractivity contribution in [3.63, 3.8) is 0 Å². The van der Waals surface area contributed by atoms with Crippen LogP contribution in [0.15, 0.2) is 65.6 Å². The minimum atomic E-state index is -3.55. The first-order chi connectivity index (χ1) is 15.9. The monoisotopic (exact) mass is 470 g/mol. The van der Waals surface area contributed by atoms with Crippen LogP contribution in [0.5, 0.6) is 0 Å². The van der Waals surface area contributed by atoms with Gasteiger partial charge in [0, 0.05) is 63.8 Å². The summed E-state index contributed by atoms with van der Waals surface area (Å²) < 4.78 is 26.9. The molecule has 0 aromatic heterocycles. The normalized spacial score (nSPS) is 19.5. The van der Waals surface area contributed by atoms with Crippen LogP contribution in [0.4, 0.5) is 5.69 Å². The molecule has 1 N–H and O–H groups in total. The van der Waals surface area contributed by atoms with E-state index in [2.05, 4.69) is 5.32 Å². The Hall–Kier alpha value is -2.91. The summed E-state index contributed by atoms with van der Waals surface area (Å²) in [6, 6.07) is 18.5. The maximum Gasteiger partial charge on any atom is 0.243 e. The number of rotatable bonds is 7. The van der Waals surface area contributed by atoms with E-state index in [1.54, 1.807) is 35.2 Å². The average Bonchev–Trinajstić information content (AvgIpc) is 3.32. The zero-order valence-electron chi connectivity index (χ0n) is 18.6. The summed E-state index contributed by atoms with van der Waals surface area (Å²) >= 11 is 0. The number of para-hydroxylation sites is 1. The largest absolute Gasteiger partial charge is 0.380 e. The minimum absolute atomic E-state index is 0.00833. The van der Waals surface area contributed by atoms with Gasteiger partial charge >= 0.3 is 0 Å². The van der Waals surface area contributed by atoms with Gasteiger partial charge in [-0.05, 0) is 30.7 Å². The van der Waals surface area contributed by atoms with Crippen LogP contribution in [0.25, 0.3) is 0 Å². The second-order valence-electron chi connectivity index (χ2n) is 8.43. The summed E-state index contributed by atoms with van der Waals surface area (Å²) in [5.74, 6) is -0.107. The highest BCUT2D eigenvalue weighted by Gasteiger charge is 2.31. The van der Waals surface area contributed by atoms with Gasteiger partial charge in [-0.15, -0.1) is 0 Å². The molecule has 2 aliphatic rings. The first kappa shape index (κ1) is 23.3. The number of likely N-dealkylation sites (tertiary alicyclic amines) is 1. The number of amides is 2. The van der Waals surface area contributed by atoms with Crippen LogP contribution < -0.4 is 5.32 Å². The summed E-state index contributed by atoms with van der Waals surface area (Å²) in [6.45, 7) is 2.52. The predicted molar refractivity (Wildman–Crippen MR) is 126 cm³/mol. The number of hydrogen-bond donors (Lipinski definition) is 1. The standard InChI is InChI=1S/C24H30N4O4S/c29-23(26-15-17-28(18-16-26)33(31,32)22-9-5-2-6-10-22)11-12-24(30)27-14-13-21(19-27)25-20-7-3-1-4-8-20/h1-10,21,25H,11-19H2. The lowest BCUT2D eigenvalue weighted by Gasteiger charge is -2.34.